The molecule has 15 heavy (non-hydrogen) atoms. The lowest BCUT2D eigenvalue weighted by molar-refractivity contribution is 0.0993. The number of rotatable bonds is 3. The van der Waals surface area contributed by atoms with Crippen LogP contribution in [0, 0.1) is 5.82 Å². The van der Waals surface area contributed by atoms with Crippen molar-refractivity contribution >= 4 is 5.78 Å². The summed E-state index contributed by atoms with van der Waals surface area (Å²) in [6.45, 7) is 0.162. The van der Waals surface area contributed by atoms with E-state index in [1.165, 1.54) is 6.07 Å². The molecule has 0 fully saturated rings. The van der Waals surface area contributed by atoms with E-state index in [0.29, 0.717) is 0 Å². The molecule has 1 aliphatic heterocycles. The maximum absolute atomic E-state index is 13.4. The van der Waals surface area contributed by atoms with Crippen molar-refractivity contribution in [1.29, 1.82) is 0 Å². The molecule has 0 spiro atoms. The smallest absolute Gasteiger partial charge is 0.231 e. The summed E-state index contributed by atoms with van der Waals surface area (Å²) in [5.41, 5.74) is 0.283. The highest BCUT2D eigenvalue weighted by atomic mass is 19.1. The lowest BCUT2D eigenvalue weighted by atomic mass is 10.1. The van der Waals surface area contributed by atoms with E-state index in [1.807, 2.05) is 0 Å². The van der Waals surface area contributed by atoms with E-state index in [0.717, 1.165) is 6.07 Å². The van der Waals surface area contributed by atoms with Crippen LogP contribution in [0.3, 0.4) is 0 Å². The molecule has 0 aromatic heterocycles. The first-order valence-electron chi connectivity index (χ1n) is 4.49. The van der Waals surface area contributed by atoms with Gasteiger partial charge in [-0.1, -0.05) is 0 Å². The molecule has 0 radical (unpaired) electrons. The Morgan fingerprint density at radius 2 is 2.33 bits per heavy atom. The maximum Gasteiger partial charge on any atom is 0.231 e. The topological polar surface area (TPSA) is 47.6 Å². The molecular weight excluding hydrogens is 201 g/mol. The Morgan fingerprint density at radius 1 is 1.53 bits per heavy atom. The predicted octanol–water partition coefficient (Wildman–Crippen LogP) is 0.957. The summed E-state index contributed by atoms with van der Waals surface area (Å²) < 4.78 is 23.3. The summed E-state index contributed by atoms with van der Waals surface area (Å²) in [6, 6.07) is 2.65. The second kappa shape index (κ2) is 3.86. The first-order valence-corrected chi connectivity index (χ1v) is 4.49. The number of benzene rings is 1. The van der Waals surface area contributed by atoms with E-state index in [-0.39, 0.29) is 36.2 Å². The van der Waals surface area contributed by atoms with E-state index in [4.69, 9.17) is 9.47 Å². The first kappa shape index (κ1) is 9.92. The van der Waals surface area contributed by atoms with Crippen molar-refractivity contribution in [2.45, 2.75) is 0 Å². The highest BCUT2D eigenvalue weighted by molar-refractivity contribution is 5.98. The molecule has 80 valence electrons. The van der Waals surface area contributed by atoms with E-state index in [1.54, 1.807) is 7.05 Å². The van der Waals surface area contributed by atoms with Gasteiger partial charge in [0.1, 0.15) is 0 Å². The molecule has 0 atom stereocenters. The van der Waals surface area contributed by atoms with Crippen molar-refractivity contribution in [3.05, 3.63) is 23.5 Å². The molecule has 0 saturated carbocycles. The average Bonchev–Trinajstić information content (AvgIpc) is 2.66. The number of carbonyl (C=O) groups is 1. The van der Waals surface area contributed by atoms with Gasteiger partial charge in [0.15, 0.2) is 17.3 Å². The Bertz CT molecular complexity index is 406. The zero-order valence-electron chi connectivity index (χ0n) is 8.17. The number of hydrogen-bond donors (Lipinski definition) is 1. The summed E-state index contributed by atoms with van der Waals surface area (Å²) >= 11 is 0. The van der Waals surface area contributed by atoms with Crippen molar-refractivity contribution in [2.75, 3.05) is 20.4 Å². The molecule has 1 aliphatic rings. The standard InChI is InChI=1S/C10H10FNO3/c1-12-4-8(13)6-2-7(11)10-9(3-6)14-5-15-10/h2-3,12H,4-5H2,1H3. The number of halogens is 1. The van der Waals surface area contributed by atoms with Crippen LogP contribution in [0.5, 0.6) is 11.5 Å². The van der Waals surface area contributed by atoms with E-state index in [2.05, 4.69) is 5.32 Å². The molecule has 0 bridgehead atoms. The molecule has 0 amide bonds. The molecule has 0 unspecified atom stereocenters. The van der Waals surface area contributed by atoms with E-state index < -0.39 is 5.82 Å². The molecule has 5 heteroatoms. The fourth-order valence-electron chi connectivity index (χ4n) is 1.39. The zero-order valence-corrected chi connectivity index (χ0v) is 8.17. The molecule has 1 aromatic carbocycles. The number of ether oxygens (including phenoxy) is 2. The number of carbonyl (C=O) groups excluding carboxylic acids is 1. The van der Waals surface area contributed by atoms with Crippen LogP contribution < -0.4 is 14.8 Å². The van der Waals surface area contributed by atoms with Gasteiger partial charge in [-0.3, -0.25) is 4.79 Å². The van der Waals surface area contributed by atoms with Crippen LogP contribution in [0.2, 0.25) is 0 Å². The largest absolute Gasteiger partial charge is 0.453 e. The van der Waals surface area contributed by atoms with Crippen molar-refractivity contribution < 1.29 is 18.7 Å². The molecule has 1 N–H and O–H groups in total. The van der Waals surface area contributed by atoms with Gasteiger partial charge in [0, 0.05) is 5.56 Å². The molecule has 1 aromatic rings. The van der Waals surface area contributed by atoms with Crippen molar-refractivity contribution in [1.82, 2.24) is 5.32 Å². The predicted molar refractivity (Wildman–Crippen MR) is 50.8 cm³/mol. The summed E-state index contributed by atoms with van der Waals surface area (Å²) in [6.07, 6.45) is 0. The van der Waals surface area contributed by atoms with Gasteiger partial charge >= 0.3 is 0 Å². The van der Waals surface area contributed by atoms with Gasteiger partial charge in [0.2, 0.25) is 12.5 Å². The monoisotopic (exact) mass is 211 g/mol. The van der Waals surface area contributed by atoms with Gasteiger partial charge in [0.25, 0.3) is 0 Å². The number of fused-ring (bicyclic) bond motifs is 1. The third-order valence-corrected chi connectivity index (χ3v) is 2.09. The van der Waals surface area contributed by atoms with Crippen LogP contribution in [0.4, 0.5) is 4.39 Å². The fraction of sp³-hybridized carbons (Fsp3) is 0.300. The normalized spacial score (nSPS) is 12.9. The minimum absolute atomic E-state index is 0.00404. The lowest BCUT2D eigenvalue weighted by Gasteiger charge is -2.03. The van der Waals surface area contributed by atoms with Crippen LogP contribution in [-0.4, -0.2) is 26.2 Å². The van der Waals surface area contributed by atoms with Gasteiger partial charge in [-0.2, -0.15) is 0 Å². The molecule has 0 aliphatic carbocycles. The number of Topliss-reactive ketones (excluding diaryl/α,β-unsaturated/α-hetero) is 1. The van der Waals surface area contributed by atoms with E-state index in [9.17, 15) is 9.18 Å². The average molecular weight is 211 g/mol. The number of hydrogen-bond acceptors (Lipinski definition) is 4. The van der Waals surface area contributed by atoms with Gasteiger partial charge < -0.3 is 14.8 Å². The summed E-state index contributed by atoms with van der Waals surface area (Å²) in [5, 5.41) is 2.71. The summed E-state index contributed by atoms with van der Waals surface area (Å²) in [4.78, 5) is 11.5. The lowest BCUT2D eigenvalue weighted by Crippen LogP contribution is -2.18. The third kappa shape index (κ3) is 1.78. The Hall–Kier alpha value is -1.62. The fourth-order valence-corrected chi connectivity index (χ4v) is 1.39. The van der Waals surface area contributed by atoms with E-state index >= 15 is 0 Å². The van der Waals surface area contributed by atoms with Crippen molar-refractivity contribution in [3.8, 4) is 11.5 Å². The first-order chi connectivity index (χ1) is 7.22. The van der Waals surface area contributed by atoms with Crippen LogP contribution in [0.1, 0.15) is 10.4 Å². The Labute approximate surface area is 86.0 Å². The van der Waals surface area contributed by atoms with Gasteiger partial charge in [-0.15, -0.1) is 0 Å². The number of nitrogens with one attached hydrogen (secondary N) is 1. The van der Waals surface area contributed by atoms with Crippen LogP contribution in [-0.2, 0) is 0 Å². The molecule has 0 saturated heterocycles. The third-order valence-electron chi connectivity index (χ3n) is 2.09. The second-order valence-corrected chi connectivity index (χ2v) is 3.15. The zero-order chi connectivity index (χ0) is 10.8. The van der Waals surface area contributed by atoms with Crippen LogP contribution >= 0.6 is 0 Å². The maximum atomic E-state index is 13.4. The number of ketones is 1. The second-order valence-electron chi connectivity index (χ2n) is 3.15. The Balaban J connectivity index is 2.35. The summed E-state index contributed by atoms with van der Waals surface area (Å²) in [7, 11) is 1.65. The minimum Gasteiger partial charge on any atom is -0.453 e. The van der Waals surface area contributed by atoms with Gasteiger partial charge in [-0.05, 0) is 19.2 Å². The molecular formula is C10H10FNO3. The van der Waals surface area contributed by atoms with Crippen LogP contribution in [0.15, 0.2) is 12.1 Å². The molecule has 1 heterocycles. The van der Waals surface area contributed by atoms with Crippen molar-refractivity contribution in [2.24, 2.45) is 0 Å². The number of likely N-dealkylation sites (N-methyl/N-ethyl adjacent to an activating group) is 1. The van der Waals surface area contributed by atoms with Crippen molar-refractivity contribution in [3.63, 3.8) is 0 Å². The molecule has 2 rings (SSSR count). The SMILES string of the molecule is CNCC(=O)c1cc(F)c2c(c1)OCO2. The van der Waals surface area contributed by atoms with Gasteiger partial charge in [-0.25, -0.2) is 4.39 Å². The minimum atomic E-state index is -0.565. The van der Waals surface area contributed by atoms with Crippen LogP contribution in [0.25, 0.3) is 0 Å². The molecule has 4 nitrogen and oxygen atoms in total. The Morgan fingerprint density at radius 3 is 3.07 bits per heavy atom. The summed E-state index contributed by atoms with van der Waals surface area (Å²) in [5.74, 6) is -0.385. The highest BCUT2D eigenvalue weighted by Gasteiger charge is 2.21. The van der Waals surface area contributed by atoms with Gasteiger partial charge in [0.05, 0.1) is 6.54 Å². The highest BCUT2D eigenvalue weighted by Crippen LogP contribution is 2.35. The quantitative estimate of drug-likeness (QED) is 0.756. The Kier molecular flexibility index (Phi) is 2.55.